The van der Waals surface area contributed by atoms with Crippen molar-refractivity contribution in [3.05, 3.63) is 0 Å². The predicted molar refractivity (Wildman–Crippen MR) is 67.6 cm³/mol. The first-order valence-electron chi connectivity index (χ1n) is 2.65. The zero-order valence-corrected chi connectivity index (χ0v) is 13.9. The van der Waals surface area contributed by atoms with Crippen LogP contribution in [0.15, 0.2) is 0 Å². The summed E-state index contributed by atoms with van der Waals surface area (Å²) in [4.78, 5) is 9.87. The summed E-state index contributed by atoms with van der Waals surface area (Å²) in [5.41, 5.74) is 0. The zero-order chi connectivity index (χ0) is 8.73. The van der Waals surface area contributed by atoms with Crippen molar-refractivity contribution in [3.8, 4) is 0 Å². The van der Waals surface area contributed by atoms with Crippen LogP contribution in [-0.2, 0) is 9.72 Å². The van der Waals surface area contributed by atoms with E-state index in [0.717, 1.165) is 0 Å². The van der Waals surface area contributed by atoms with Gasteiger partial charge in [-0.1, -0.05) is 13.8 Å². The van der Waals surface area contributed by atoms with E-state index in [0.29, 0.717) is 0 Å². The van der Waals surface area contributed by atoms with Crippen LogP contribution in [0.25, 0.3) is 0 Å². The van der Waals surface area contributed by atoms with Gasteiger partial charge in [0, 0.05) is 5.92 Å². The van der Waals surface area contributed by atoms with Crippen molar-refractivity contribution in [1.29, 1.82) is 0 Å². The number of rotatable bonds is 1. The van der Waals surface area contributed by atoms with Gasteiger partial charge in [0.15, 0.2) is 0 Å². The van der Waals surface area contributed by atoms with Crippen LogP contribution in [0, 0.1) is 5.92 Å². The molecule has 0 unspecified atom stereocenters. The fourth-order valence-corrected chi connectivity index (χ4v) is 0. The molecule has 62 valence electrons. The summed E-state index contributed by atoms with van der Waals surface area (Å²) in [6.07, 6.45) is 0. The van der Waals surface area contributed by atoms with Gasteiger partial charge < -0.3 is 0 Å². The zero-order valence-electron chi connectivity index (χ0n) is 6.07. The molecule has 5 heteroatoms. The molecule has 0 aromatic heterocycles. The van der Waals surface area contributed by atoms with Gasteiger partial charge in [-0.15, -0.1) is 0 Å². The average Bonchev–Trinajstić information content (AvgIpc) is 1.63. The Hall–Kier alpha value is 2.44. The molecule has 0 atom stereocenters. The van der Waals surface area contributed by atoms with Crippen molar-refractivity contribution < 1.29 is 9.72 Å². The fraction of sp³-hybridized carbons (Fsp3) is 0.800. The second kappa shape index (κ2) is 9.53. The van der Waals surface area contributed by atoms with E-state index < -0.39 is 0 Å². The normalized spacial score (nSPS) is 9.20. The Morgan fingerprint density at radius 1 is 1.30 bits per heavy atom. The molecule has 0 radical (unpaired) electrons. The molecular weight excluding hydrogens is 508 g/mol. The molecule has 0 amide bonds. The quantitative estimate of drug-likeness (QED) is 0.483. The van der Waals surface area contributed by atoms with Crippen molar-refractivity contribution in [3.63, 3.8) is 0 Å². The van der Waals surface area contributed by atoms with Crippen molar-refractivity contribution in [1.82, 2.24) is 0 Å². The van der Waals surface area contributed by atoms with Crippen molar-refractivity contribution in [2.75, 3.05) is 0 Å². The number of halogens is 3. The first kappa shape index (κ1) is 14.9. The van der Waals surface area contributed by atoms with Crippen LogP contribution in [0.3, 0.4) is 0 Å². The van der Waals surface area contributed by atoms with Gasteiger partial charge in [-0.3, -0.25) is 4.79 Å². The first-order chi connectivity index (χ1) is 4.37. The topological polar surface area (TPSA) is 17.1 Å². The van der Waals surface area contributed by atoms with Crippen LogP contribution in [-0.4, -0.2) is 5.78 Å². The first-order valence-corrected chi connectivity index (χ1v) is 16.2. The van der Waals surface area contributed by atoms with Gasteiger partial charge in [-0.2, -0.15) is 0 Å². The molecule has 0 heterocycles. The Morgan fingerprint density at radius 2 is 1.40 bits per heavy atom. The molecule has 0 aromatic carbocycles. The maximum absolute atomic E-state index is 10.1. The molecule has 0 fully saturated rings. The van der Waals surface area contributed by atoms with Gasteiger partial charge in [0.1, 0.15) is 5.78 Å². The van der Waals surface area contributed by atoms with Crippen molar-refractivity contribution >= 4 is 65.7 Å². The number of Topliss-reactive ketones (excluding diaryl/α,β-unsaturated/α-hetero) is 1. The SMILES string of the molecule is CC(=O)C(C)C.[I][V]([I])[I]. The van der Waals surface area contributed by atoms with Gasteiger partial charge in [0.25, 0.3) is 0 Å². The Bertz CT molecular complexity index is 92.1. The Morgan fingerprint density at radius 3 is 1.40 bits per heavy atom. The van der Waals surface area contributed by atoms with Crippen LogP contribution < -0.4 is 0 Å². The Kier molecular flexibility index (Phi) is 14.2. The molecule has 0 saturated heterocycles. The van der Waals surface area contributed by atoms with Crippen LogP contribution in [0.5, 0.6) is 0 Å². The summed E-state index contributed by atoms with van der Waals surface area (Å²) >= 11 is 7.39. The summed E-state index contributed by atoms with van der Waals surface area (Å²) < 4.78 is 0. The van der Waals surface area contributed by atoms with E-state index in [1.54, 1.807) is 6.92 Å². The third kappa shape index (κ3) is 22.4. The van der Waals surface area contributed by atoms with Gasteiger partial charge in [0.05, 0.1) is 0 Å². The van der Waals surface area contributed by atoms with Crippen molar-refractivity contribution in [2.45, 2.75) is 20.8 Å². The molecular formula is C5H10I3OV. The summed E-state index contributed by atoms with van der Waals surface area (Å²) in [5.74, 6) is 0.472. The predicted octanol–water partition coefficient (Wildman–Crippen LogP) is 3.89. The second-order valence-corrected chi connectivity index (χ2v) is 37.3. The molecule has 0 spiro atoms. The van der Waals surface area contributed by atoms with Crippen molar-refractivity contribution in [2.24, 2.45) is 5.92 Å². The van der Waals surface area contributed by atoms with Crippen LogP contribution >= 0.6 is 59.9 Å². The molecule has 0 aliphatic carbocycles. The molecule has 0 N–H and O–H groups in total. The number of hydrogen-bond donors (Lipinski definition) is 0. The molecule has 10 heavy (non-hydrogen) atoms. The van der Waals surface area contributed by atoms with E-state index >= 15 is 0 Å². The molecule has 0 aliphatic rings. The number of hydrogen-bond acceptors (Lipinski definition) is 1. The minimum absolute atomic E-state index is 0.213. The van der Waals surface area contributed by atoms with Crippen LogP contribution in [0.1, 0.15) is 20.8 Å². The fourth-order valence-electron chi connectivity index (χ4n) is 0. The van der Waals surface area contributed by atoms with E-state index in [2.05, 4.69) is 59.9 Å². The van der Waals surface area contributed by atoms with Gasteiger partial charge in [-0.25, -0.2) is 0 Å². The average molecular weight is 518 g/mol. The number of carbonyl (C=O) groups excluding carboxylic acids is 1. The summed E-state index contributed by atoms with van der Waals surface area (Å²) in [6, 6.07) is 0. The van der Waals surface area contributed by atoms with E-state index in [1.165, 1.54) is 0 Å². The van der Waals surface area contributed by atoms with Gasteiger partial charge >= 0.3 is 64.9 Å². The van der Waals surface area contributed by atoms with Crippen LogP contribution in [0.2, 0.25) is 0 Å². The van der Waals surface area contributed by atoms with Gasteiger partial charge in [0.2, 0.25) is 0 Å². The number of ketones is 1. The third-order valence-corrected chi connectivity index (χ3v) is 0.813. The molecule has 0 bridgehead atoms. The summed E-state index contributed by atoms with van der Waals surface area (Å²) in [7, 11) is 0. The van der Waals surface area contributed by atoms with E-state index in [9.17, 15) is 4.79 Å². The molecule has 0 saturated carbocycles. The number of carbonyl (C=O) groups is 1. The van der Waals surface area contributed by atoms with Gasteiger partial charge in [-0.05, 0) is 6.92 Å². The van der Waals surface area contributed by atoms with E-state index in [-0.39, 0.29) is 16.6 Å². The Labute approximate surface area is 100 Å². The van der Waals surface area contributed by atoms with Crippen LogP contribution in [0.4, 0.5) is 0 Å². The third-order valence-electron chi connectivity index (χ3n) is 0.813. The van der Waals surface area contributed by atoms with E-state index in [1.807, 2.05) is 13.8 Å². The summed E-state index contributed by atoms with van der Waals surface area (Å²) in [6.45, 7) is 5.38. The molecule has 1 nitrogen and oxygen atoms in total. The maximum atomic E-state index is 10.1. The molecule has 0 aliphatic heterocycles. The van der Waals surface area contributed by atoms with E-state index in [4.69, 9.17) is 0 Å². The minimum atomic E-state index is -0.278. The second-order valence-electron chi connectivity index (χ2n) is 1.96. The standard InChI is InChI=1S/C5H10O.3HI.V/c1-4(2)5(3)6;;;;/h4H,1-3H3;3*1H;/q;;;;+3/p-3. The Balaban J connectivity index is 0. The monoisotopic (exact) mass is 518 g/mol. The summed E-state index contributed by atoms with van der Waals surface area (Å²) in [5, 5.41) is 0. The molecule has 0 rings (SSSR count). The molecule has 0 aromatic rings.